The van der Waals surface area contributed by atoms with Gasteiger partial charge in [0.1, 0.15) is 17.8 Å². The van der Waals surface area contributed by atoms with Gasteiger partial charge in [-0.3, -0.25) is 4.79 Å². The molecule has 0 aromatic heterocycles. The Bertz CT molecular complexity index is 510. The molecule has 2 aliphatic heterocycles. The molecule has 0 bridgehead atoms. The van der Waals surface area contributed by atoms with E-state index in [2.05, 4.69) is 0 Å². The molecule has 138 valence electrons. The van der Waals surface area contributed by atoms with Gasteiger partial charge in [0.15, 0.2) is 12.1 Å². The van der Waals surface area contributed by atoms with Gasteiger partial charge in [0, 0.05) is 5.92 Å². The van der Waals surface area contributed by atoms with Crippen LogP contribution in [0.3, 0.4) is 0 Å². The van der Waals surface area contributed by atoms with E-state index in [0.29, 0.717) is 12.8 Å². The highest BCUT2D eigenvalue weighted by Gasteiger charge is 2.67. The first-order chi connectivity index (χ1) is 11.0. The Balaban J connectivity index is 1.87. The van der Waals surface area contributed by atoms with Gasteiger partial charge in [-0.25, -0.2) is 0 Å². The summed E-state index contributed by atoms with van der Waals surface area (Å²) in [6.45, 7) is 11.2. The molecule has 1 saturated carbocycles. The molecule has 0 amide bonds. The molecule has 3 fully saturated rings. The molecule has 6 atom stereocenters. The Hall–Kier alpha value is -0.690. The van der Waals surface area contributed by atoms with Gasteiger partial charge in [0.25, 0.3) is 0 Å². The zero-order valence-electron chi connectivity index (χ0n) is 15.5. The van der Waals surface area contributed by atoms with Crippen molar-refractivity contribution in [1.82, 2.24) is 0 Å². The molecule has 0 aromatic rings. The van der Waals surface area contributed by atoms with Gasteiger partial charge >= 0.3 is 5.97 Å². The molecule has 3 rings (SSSR count). The van der Waals surface area contributed by atoms with Crippen LogP contribution in [-0.4, -0.2) is 47.1 Å². The third-order valence-corrected chi connectivity index (χ3v) is 5.44. The molecular weight excluding hydrogens is 312 g/mol. The topological polar surface area (TPSA) is 74.2 Å². The number of hydrogen-bond acceptors (Lipinski definition) is 6. The molecule has 2 heterocycles. The second-order valence-electron chi connectivity index (χ2n) is 8.82. The summed E-state index contributed by atoms with van der Waals surface area (Å²) in [5.41, 5.74) is -1.57. The van der Waals surface area contributed by atoms with Gasteiger partial charge in [-0.2, -0.15) is 0 Å². The molecule has 3 unspecified atom stereocenters. The van der Waals surface area contributed by atoms with Crippen LogP contribution >= 0.6 is 0 Å². The lowest BCUT2D eigenvalue weighted by Gasteiger charge is -2.47. The molecule has 2 saturated heterocycles. The number of hydrogen-bond donors (Lipinski definition) is 1. The fourth-order valence-electron chi connectivity index (χ4n) is 4.12. The van der Waals surface area contributed by atoms with Crippen LogP contribution < -0.4 is 0 Å². The maximum absolute atomic E-state index is 12.4. The molecule has 6 heteroatoms. The smallest absolute Gasteiger partial charge is 0.311 e. The van der Waals surface area contributed by atoms with Crippen molar-refractivity contribution in [3.05, 3.63) is 0 Å². The van der Waals surface area contributed by atoms with E-state index in [1.54, 1.807) is 0 Å². The highest BCUT2D eigenvalue weighted by Crippen LogP contribution is 2.52. The number of fused-ring (bicyclic) bond motifs is 1. The summed E-state index contributed by atoms with van der Waals surface area (Å²) >= 11 is 0. The van der Waals surface area contributed by atoms with Crippen molar-refractivity contribution in [2.75, 3.05) is 0 Å². The van der Waals surface area contributed by atoms with Crippen molar-refractivity contribution < 1.29 is 28.8 Å². The maximum Gasteiger partial charge on any atom is 0.311 e. The van der Waals surface area contributed by atoms with Crippen molar-refractivity contribution in [2.45, 2.75) is 96.8 Å². The molecule has 24 heavy (non-hydrogen) atoms. The first kappa shape index (κ1) is 18.1. The standard InChI is InChI=1S/C18H30O6/c1-10-13-14(23-17(5,6)22-13)24-18(10)11(19)8-7-9-12(18)21-15(20)16(2,3)4/h10-14,19H,7-9H2,1-6H3/t10-,11-,12+,13?,14?,18?/m1/s1. The molecule has 6 nitrogen and oxygen atoms in total. The maximum atomic E-state index is 12.4. The molecule has 1 aliphatic carbocycles. The van der Waals surface area contributed by atoms with E-state index in [4.69, 9.17) is 18.9 Å². The Morgan fingerprint density at radius 3 is 2.42 bits per heavy atom. The van der Waals surface area contributed by atoms with E-state index < -0.39 is 35.3 Å². The zero-order valence-corrected chi connectivity index (χ0v) is 15.5. The predicted octanol–water partition coefficient (Wildman–Crippen LogP) is 2.37. The Labute approximate surface area is 143 Å². The van der Waals surface area contributed by atoms with Gasteiger partial charge in [0.2, 0.25) is 0 Å². The minimum absolute atomic E-state index is 0.141. The fourth-order valence-corrected chi connectivity index (χ4v) is 4.12. The highest BCUT2D eigenvalue weighted by molar-refractivity contribution is 5.75. The van der Waals surface area contributed by atoms with E-state index in [1.807, 2.05) is 41.5 Å². The number of ether oxygens (including phenoxy) is 4. The molecular formula is C18H30O6. The van der Waals surface area contributed by atoms with Crippen LogP contribution in [0.25, 0.3) is 0 Å². The third kappa shape index (κ3) is 2.77. The Morgan fingerprint density at radius 2 is 1.83 bits per heavy atom. The number of aliphatic hydroxyl groups is 1. The largest absolute Gasteiger partial charge is 0.459 e. The fraction of sp³-hybridized carbons (Fsp3) is 0.944. The van der Waals surface area contributed by atoms with E-state index in [9.17, 15) is 9.90 Å². The van der Waals surface area contributed by atoms with Gasteiger partial charge in [-0.15, -0.1) is 0 Å². The SMILES string of the molecule is C[C@@H]1C2OC(C)(C)OC2OC12[C@H](O)CCC[C@@H]2OC(=O)C(C)(C)C. The monoisotopic (exact) mass is 342 g/mol. The minimum Gasteiger partial charge on any atom is -0.459 e. The first-order valence-electron chi connectivity index (χ1n) is 8.90. The van der Waals surface area contributed by atoms with Gasteiger partial charge in [-0.05, 0) is 53.9 Å². The summed E-state index contributed by atoms with van der Waals surface area (Å²) in [5.74, 6) is -1.13. The van der Waals surface area contributed by atoms with E-state index in [0.717, 1.165) is 6.42 Å². The number of rotatable bonds is 1. The lowest BCUT2D eigenvalue weighted by Crippen LogP contribution is -2.61. The number of esters is 1. The average Bonchev–Trinajstić information content (AvgIpc) is 2.87. The van der Waals surface area contributed by atoms with Gasteiger partial charge in [0.05, 0.1) is 11.5 Å². The lowest BCUT2D eigenvalue weighted by molar-refractivity contribution is -0.282. The first-order valence-corrected chi connectivity index (χ1v) is 8.90. The van der Waals surface area contributed by atoms with Crippen molar-refractivity contribution in [1.29, 1.82) is 0 Å². The van der Waals surface area contributed by atoms with E-state index in [-0.39, 0.29) is 18.0 Å². The molecule has 1 N–H and O–H groups in total. The van der Waals surface area contributed by atoms with Crippen LogP contribution in [0.2, 0.25) is 0 Å². The van der Waals surface area contributed by atoms with Crippen molar-refractivity contribution in [3.8, 4) is 0 Å². The summed E-state index contributed by atoms with van der Waals surface area (Å²) in [4.78, 5) is 12.4. The lowest BCUT2D eigenvalue weighted by atomic mass is 9.71. The molecule has 0 aromatic carbocycles. The summed E-state index contributed by atoms with van der Waals surface area (Å²) in [6, 6.07) is 0. The third-order valence-electron chi connectivity index (χ3n) is 5.44. The van der Waals surface area contributed by atoms with Crippen molar-refractivity contribution >= 4 is 5.97 Å². The Kier molecular flexibility index (Phi) is 4.27. The Morgan fingerprint density at radius 1 is 1.17 bits per heavy atom. The van der Waals surface area contributed by atoms with Crippen LogP contribution in [0.1, 0.15) is 60.8 Å². The van der Waals surface area contributed by atoms with Gasteiger partial charge in [-0.1, -0.05) is 6.92 Å². The van der Waals surface area contributed by atoms with Crippen LogP contribution in [0.15, 0.2) is 0 Å². The molecule has 0 radical (unpaired) electrons. The number of carbonyl (C=O) groups excluding carboxylic acids is 1. The van der Waals surface area contributed by atoms with E-state index >= 15 is 0 Å². The normalized spacial score (nSPS) is 44.5. The van der Waals surface area contributed by atoms with Crippen LogP contribution in [0.5, 0.6) is 0 Å². The van der Waals surface area contributed by atoms with Crippen molar-refractivity contribution in [3.63, 3.8) is 0 Å². The summed E-state index contributed by atoms with van der Waals surface area (Å²) in [5, 5.41) is 10.8. The minimum atomic E-state index is -0.967. The highest BCUT2D eigenvalue weighted by atomic mass is 16.8. The second-order valence-corrected chi connectivity index (χ2v) is 8.82. The quantitative estimate of drug-likeness (QED) is 0.738. The average molecular weight is 342 g/mol. The molecule has 3 aliphatic rings. The van der Waals surface area contributed by atoms with Gasteiger partial charge < -0.3 is 24.1 Å². The predicted molar refractivity (Wildman–Crippen MR) is 86.0 cm³/mol. The van der Waals surface area contributed by atoms with Crippen LogP contribution in [0, 0.1) is 11.3 Å². The number of aliphatic hydroxyl groups excluding tert-OH is 1. The van der Waals surface area contributed by atoms with Crippen LogP contribution in [-0.2, 0) is 23.7 Å². The summed E-state index contributed by atoms with van der Waals surface area (Å²) < 4.78 is 23.9. The summed E-state index contributed by atoms with van der Waals surface area (Å²) in [7, 11) is 0. The van der Waals surface area contributed by atoms with Crippen molar-refractivity contribution in [2.24, 2.45) is 11.3 Å². The molecule has 1 spiro atoms. The summed E-state index contributed by atoms with van der Waals surface area (Å²) in [6.07, 6.45) is 0.0675. The van der Waals surface area contributed by atoms with Crippen LogP contribution in [0.4, 0.5) is 0 Å². The number of carbonyl (C=O) groups is 1. The second kappa shape index (κ2) is 5.66. The van der Waals surface area contributed by atoms with E-state index in [1.165, 1.54) is 0 Å². The zero-order chi connectivity index (χ0) is 17.9.